The van der Waals surface area contributed by atoms with Crippen LogP contribution in [0.15, 0.2) is 60.8 Å². The normalized spacial score (nSPS) is 13.8. The Morgan fingerprint density at radius 3 is 1.89 bits per heavy atom. The number of unbranched alkanes of at least 4 members (excludes halogenated alkanes) is 7. The summed E-state index contributed by atoms with van der Waals surface area (Å²) in [5.41, 5.74) is 0. The molecule has 0 fully saturated rings. The first-order valence-electron chi connectivity index (χ1n) is 17.8. The van der Waals surface area contributed by atoms with Crippen molar-refractivity contribution in [2.75, 3.05) is 41.0 Å². The topological polar surface area (TPSA) is 99.1 Å². The molecule has 0 aliphatic rings. The number of rotatable bonds is 30. The number of likely N-dealkylation sites (N-methyl/N-ethyl adjacent to an activating group) is 1. The van der Waals surface area contributed by atoms with Crippen molar-refractivity contribution in [3.8, 4) is 0 Å². The highest BCUT2D eigenvalue weighted by molar-refractivity contribution is 5.72. The lowest BCUT2D eigenvalue weighted by Gasteiger charge is -2.31. The first-order valence-corrected chi connectivity index (χ1v) is 17.8. The van der Waals surface area contributed by atoms with Gasteiger partial charge < -0.3 is 23.8 Å². The Labute approximate surface area is 286 Å². The molecule has 0 heterocycles. The van der Waals surface area contributed by atoms with Gasteiger partial charge in [0.05, 0.1) is 34.4 Å². The summed E-state index contributed by atoms with van der Waals surface area (Å²) in [4.78, 5) is 36.6. The van der Waals surface area contributed by atoms with Gasteiger partial charge in [-0.15, -0.1) is 0 Å². The molecule has 0 rings (SSSR count). The zero-order valence-corrected chi connectivity index (χ0v) is 30.2. The molecular formula is C39H66NO7+. The summed E-state index contributed by atoms with van der Waals surface area (Å²) in [6, 6.07) is -0.625. The molecule has 8 heteroatoms. The zero-order chi connectivity index (χ0) is 35.0. The Balaban J connectivity index is 4.59. The van der Waals surface area contributed by atoms with Gasteiger partial charge in [0.25, 0.3) is 0 Å². The fourth-order valence-electron chi connectivity index (χ4n) is 4.61. The number of allylic oxidation sites excluding steroid dienone is 10. The van der Waals surface area contributed by atoms with E-state index >= 15 is 0 Å². The molecule has 0 aromatic heterocycles. The van der Waals surface area contributed by atoms with Crippen LogP contribution in [-0.4, -0.2) is 80.6 Å². The van der Waals surface area contributed by atoms with Crippen LogP contribution in [0.4, 0.5) is 0 Å². The molecule has 0 spiro atoms. The highest BCUT2D eigenvalue weighted by atomic mass is 16.6. The quantitative estimate of drug-likeness (QED) is 0.0271. The smallest absolute Gasteiger partial charge is 0.362 e. The van der Waals surface area contributed by atoms with E-state index in [0.29, 0.717) is 19.3 Å². The maximum atomic E-state index is 12.6. The molecule has 2 atom stereocenters. The second-order valence-corrected chi connectivity index (χ2v) is 12.8. The SMILES string of the molecule is CC/C=C/C/C=C/C/C=C/CCCCC(=O)OC(COCCC(C(=O)O)[N+](C)(C)C)COC(=O)CCCCC/C=C/C=C/CCCC. The highest BCUT2D eigenvalue weighted by Crippen LogP contribution is 2.11. The van der Waals surface area contributed by atoms with Crippen molar-refractivity contribution in [1.29, 1.82) is 0 Å². The van der Waals surface area contributed by atoms with Gasteiger partial charge in [0.15, 0.2) is 12.1 Å². The van der Waals surface area contributed by atoms with Crippen LogP contribution in [0.2, 0.25) is 0 Å². The molecule has 2 unspecified atom stereocenters. The predicted molar refractivity (Wildman–Crippen MR) is 192 cm³/mol. The van der Waals surface area contributed by atoms with Crippen molar-refractivity contribution in [1.82, 2.24) is 0 Å². The van der Waals surface area contributed by atoms with E-state index in [2.05, 4.69) is 74.6 Å². The highest BCUT2D eigenvalue weighted by Gasteiger charge is 2.31. The van der Waals surface area contributed by atoms with E-state index in [0.717, 1.165) is 64.2 Å². The average Bonchev–Trinajstić information content (AvgIpc) is 3.01. The zero-order valence-electron chi connectivity index (χ0n) is 30.2. The minimum Gasteiger partial charge on any atom is -0.477 e. The molecule has 8 nitrogen and oxygen atoms in total. The molecule has 0 saturated heterocycles. The monoisotopic (exact) mass is 660 g/mol. The Hall–Kier alpha value is -2.97. The standard InChI is InChI=1S/C39H65NO7/c1-6-8-10-12-14-16-18-20-22-24-26-28-30-38(42)47-35(33-45-32-31-36(39(43)44)40(3,4)5)34-46-37(41)29-27-25-23-21-19-17-15-13-11-9-7-2/h8,10,13-17,19-20,22,35-36H,6-7,9,11-12,18,21,23-34H2,1-5H3/p+1/b10-8+,15-13+,16-14+,19-17+,22-20+. The lowest BCUT2D eigenvalue weighted by molar-refractivity contribution is -0.887. The van der Waals surface area contributed by atoms with Crippen LogP contribution < -0.4 is 0 Å². The van der Waals surface area contributed by atoms with Crippen LogP contribution in [0.1, 0.15) is 117 Å². The summed E-state index contributed by atoms with van der Waals surface area (Å²) in [5, 5.41) is 9.56. The Morgan fingerprint density at radius 1 is 0.681 bits per heavy atom. The second-order valence-electron chi connectivity index (χ2n) is 12.8. The number of nitrogens with zero attached hydrogens (tertiary/aromatic N) is 1. The summed E-state index contributed by atoms with van der Waals surface area (Å²) in [6.45, 7) is 4.45. The summed E-state index contributed by atoms with van der Waals surface area (Å²) >= 11 is 0. The first kappa shape index (κ1) is 44.0. The number of esters is 2. The number of ether oxygens (including phenoxy) is 3. The van der Waals surface area contributed by atoms with Crippen molar-refractivity contribution < 1.29 is 38.2 Å². The predicted octanol–water partition coefficient (Wildman–Crippen LogP) is 8.68. The molecule has 1 N–H and O–H groups in total. The van der Waals surface area contributed by atoms with Crippen molar-refractivity contribution in [2.45, 2.75) is 129 Å². The summed E-state index contributed by atoms with van der Waals surface area (Å²) in [6.07, 6.45) is 34.2. The Kier molecular flexibility index (Phi) is 28.4. The molecule has 0 radical (unpaired) electrons. The maximum Gasteiger partial charge on any atom is 0.362 e. The minimum atomic E-state index is -0.889. The third kappa shape index (κ3) is 28.9. The van der Waals surface area contributed by atoms with Crippen LogP contribution >= 0.6 is 0 Å². The molecule has 0 bridgehead atoms. The number of carbonyl (C=O) groups excluding carboxylic acids is 2. The number of quaternary nitrogens is 1. The van der Waals surface area contributed by atoms with Crippen LogP contribution in [-0.2, 0) is 28.6 Å². The van der Waals surface area contributed by atoms with Crippen LogP contribution in [0.25, 0.3) is 0 Å². The van der Waals surface area contributed by atoms with E-state index in [1.54, 1.807) is 0 Å². The third-order valence-corrected chi connectivity index (χ3v) is 7.43. The average molecular weight is 661 g/mol. The van der Waals surface area contributed by atoms with Crippen molar-refractivity contribution >= 4 is 17.9 Å². The number of hydrogen-bond donors (Lipinski definition) is 1. The van der Waals surface area contributed by atoms with E-state index in [-0.39, 0.29) is 42.7 Å². The number of hydrogen-bond acceptors (Lipinski definition) is 6. The van der Waals surface area contributed by atoms with Crippen molar-refractivity contribution in [2.24, 2.45) is 0 Å². The van der Waals surface area contributed by atoms with E-state index < -0.39 is 18.1 Å². The van der Waals surface area contributed by atoms with Crippen LogP contribution in [0.5, 0.6) is 0 Å². The molecule has 0 aromatic carbocycles. The molecular weight excluding hydrogens is 594 g/mol. The van der Waals surface area contributed by atoms with Gasteiger partial charge in [-0.3, -0.25) is 9.59 Å². The van der Waals surface area contributed by atoms with Crippen molar-refractivity contribution in [3.63, 3.8) is 0 Å². The Bertz CT molecular complexity index is 959. The number of carboxylic acid groups (broad SMARTS) is 1. The molecule has 268 valence electrons. The summed E-state index contributed by atoms with van der Waals surface area (Å²) < 4.78 is 17.1. The second kappa shape index (κ2) is 30.4. The van der Waals surface area contributed by atoms with Crippen LogP contribution in [0.3, 0.4) is 0 Å². The van der Waals surface area contributed by atoms with Gasteiger partial charge >= 0.3 is 17.9 Å². The van der Waals surface area contributed by atoms with E-state index in [1.165, 1.54) is 12.8 Å². The molecule has 0 aromatic rings. The van der Waals surface area contributed by atoms with Gasteiger partial charge in [0, 0.05) is 19.3 Å². The minimum absolute atomic E-state index is 0.0339. The first-order chi connectivity index (χ1) is 22.6. The van der Waals surface area contributed by atoms with E-state index in [9.17, 15) is 19.5 Å². The molecule has 0 amide bonds. The largest absolute Gasteiger partial charge is 0.477 e. The van der Waals surface area contributed by atoms with Gasteiger partial charge in [-0.25, -0.2) is 4.79 Å². The van der Waals surface area contributed by atoms with Crippen molar-refractivity contribution in [3.05, 3.63) is 60.8 Å². The molecule has 0 aliphatic heterocycles. The van der Waals surface area contributed by atoms with Gasteiger partial charge in [0.2, 0.25) is 0 Å². The summed E-state index contributed by atoms with van der Waals surface area (Å²) in [5.74, 6) is -1.57. The maximum absolute atomic E-state index is 12.6. The molecule has 0 saturated carbocycles. The Morgan fingerprint density at radius 2 is 1.26 bits per heavy atom. The lowest BCUT2D eigenvalue weighted by atomic mass is 10.1. The number of carbonyl (C=O) groups is 3. The third-order valence-electron chi connectivity index (χ3n) is 7.43. The number of aliphatic carboxylic acids is 1. The van der Waals surface area contributed by atoms with E-state index in [4.69, 9.17) is 14.2 Å². The lowest BCUT2D eigenvalue weighted by Crippen LogP contribution is -2.50. The van der Waals surface area contributed by atoms with Gasteiger partial charge in [-0.1, -0.05) is 93.9 Å². The number of carboxylic acids is 1. The summed E-state index contributed by atoms with van der Waals surface area (Å²) in [7, 11) is 5.48. The fourth-order valence-corrected chi connectivity index (χ4v) is 4.61. The van der Waals surface area contributed by atoms with E-state index in [1.807, 2.05) is 21.1 Å². The fraction of sp³-hybridized carbons (Fsp3) is 0.667. The van der Waals surface area contributed by atoms with Gasteiger partial charge in [0.1, 0.15) is 6.61 Å². The van der Waals surface area contributed by atoms with Crippen LogP contribution in [0, 0.1) is 0 Å². The van der Waals surface area contributed by atoms with Gasteiger partial charge in [-0.05, 0) is 64.2 Å². The molecule has 0 aliphatic carbocycles. The molecule has 47 heavy (non-hydrogen) atoms. The van der Waals surface area contributed by atoms with Gasteiger partial charge in [-0.2, -0.15) is 0 Å².